The normalized spacial score (nSPS) is 19.6. The van der Waals surface area contributed by atoms with E-state index in [-0.39, 0.29) is 18.8 Å². The largest absolute Gasteiger partial charge is 0.371 e. The van der Waals surface area contributed by atoms with Crippen molar-refractivity contribution in [1.82, 2.24) is 25.1 Å². The van der Waals surface area contributed by atoms with Crippen LogP contribution in [0.25, 0.3) is 22.4 Å². The minimum Gasteiger partial charge on any atom is -0.371 e. The third-order valence-corrected chi connectivity index (χ3v) is 5.94. The van der Waals surface area contributed by atoms with E-state index in [9.17, 15) is 9.59 Å². The Kier molecular flexibility index (Phi) is 5.55. The molecule has 2 atom stereocenters. The van der Waals surface area contributed by atoms with Gasteiger partial charge in [-0.2, -0.15) is 5.10 Å². The Bertz CT molecular complexity index is 1180. The molecule has 11 nitrogen and oxygen atoms in total. The molecule has 3 aromatic rings. The highest BCUT2D eigenvalue weighted by Crippen LogP contribution is 2.33. The van der Waals surface area contributed by atoms with Gasteiger partial charge in [-0.25, -0.2) is 19.4 Å². The standard InChI is InChI=1S/C22H26N8O3/c1-2-30-21-17(9-25-30)20(29-11-15-7-8-16(12-29)33-15)27-19(28-21)13-3-5-14(6-4-13)26-22(32)24-10-18(23)31/h3-6,9,15-16H,2,7-8,10-12H2,1H3,(H2,23,31)(H2,24,26,32). The zero-order valence-corrected chi connectivity index (χ0v) is 18.3. The summed E-state index contributed by atoms with van der Waals surface area (Å²) in [7, 11) is 0. The maximum atomic E-state index is 11.9. The molecule has 172 valence electrons. The minimum absolute atomic E-state index is 0.227. The van der Waals surface area contributed by atoms with Crippen LogP contribution in [-0.2, 0) is 16.1 Å². The van der Waals surface area contributed by atoms with E-state index in [0.29, 0.717) is 18.1 Å². The van der Waals surface area contributed by atoms with E-state index in [4.69, 9.17) is 20.4 Å². The SMILES string of the molecule is CCn1ncc2c(N3CC4CCC(C3)O4)nc(-c3ccc(NC(=O)NCC(N)=O)cc3)nc21. The van der Waals surface area contributed by atoms with Crippen LogP contribution in [-0.4, -0.2) is 63.5 Å². The van der Waals surface area contributed by atoms with Crippen molar-refractivity contribution in [3.63, 3.8) is 0 Å². The Morgan fingerprint density at radius 1 is 1.15 bits per heavy atom. The van der Waals surface area contributed by atoms with Gasteiger partial charge in [0.1, 0.15) is 5.82 Å². The van der Waals surface area contributed by atoms with E-state index >= 15 is 0 Å². The topological polar surface area (TPSA) is 140 Å². The molecular formula is C22H26N8O3. The average Bonchev–Trinajstić information content (AvgIpc) is 3.39. The number of carbonyl (C=O) groups excluding carboxylic acids is 2. The van der Waals surface area contributed by atoms with E-state index in [1.54, 1.807) is 12.1 Å². The third-order valence-electron chi connectivity index (χ3n) is 5.94. The van der Waals surface area contributed by atoms with Crippen LogP contribution >= 0.6 is 0 Å². The molecule has 0 spiro atoms. The number of nitrogens with zero attached hydrogens (tertiary/aromatic N) is 5. The number of rotatable bonds is 6. The first-order valence-corrected chi connectivity index (χ1v) is 11.1. The van der Waals surface area contributed by atoms with Gasteiger partial charge >= 0.3 is 6.03 Å². The van der Waals surface area contributed by atoms with Crippen molar-refractivity contribution in [2.24, 2.45) is 5.73 Å². The highest BCUT2D eigenvalue weighted by molar-refractivity contribution is 5.92. The summed E-state index contributed by atoms with van der Waals surface area (Å²) in [6, 6.07) is 6.72. The lowest BCUT2D eigenvalue weighted by Gasteiger charge is -2.33. The Morgan fingerprint density at radius 2 is 1.88 bits per heavy atom. The number of ether oxygens (including phenoxy) is 1. The van der Waals surface area contributed by atoms with Crippen molar-refractivity contribution in [3.05, 3.63) is 30.5 Å². The second-order valence-electron chi connectivity index (χ2n) is 8.28. The molecule has 0 radical (unpaired) electrons. The molecule has 33 heavy (non-hydrogen) atoms. The van der Waals surface area contributed by atoms with Crippen LogP contribution in [0.5, 0.6) is 0 Å². The molecule has 11 heteroatoms. The van der Waals surface area contributed by atoms with Crippen molar-refractivity contribution in [3.8, 4) is 11.4 Å². The summed E-state index contributed by atoms with van der Waals surface area (Å²) in [5, 5.41) is 10.5. The molecule has 4 heterocycles. The maximum Gasteiger partial charge on any atom is 0.319 e. The van der Waals surface area contributed by atoms with Gasteiger partial charge in [0.25, 0.3) is 0 Å². The highest BCUT2D eigenvalue weighted by atomic mass is 16.5. The number of aryl methyl sites for hydroxylation is 1. The number of hydrogen-bond donors (Lipinski definition) is 3. The van der Waals surface area contributed by atoms with Crippen molar-refractivity contribution >= 4 is 34.5 Å². The molecule has 2 aromatic heterocycles. The van der Waals surface area contributed by atoms with Gasteiger partial charge in [0.15, 0.2) is 11.5 Å². The Labute approximate surface area is 190 Å². The van der Waals surface area contributed by atoms with Gasteiger partial charge in [0.2, 0.25) is 5.91 Å². The van der Waals surface area contributed by atoms with E-state index in [1.807, 2.05) is 29.9 Å². The zero-order valence-electron chi connectivity index (χ0n) is 18.3. The predicted molar refractivity (Wildman–Crippen MR) is 123 cm³/mol. The Balaban J connectivity index is 1.44. The van der Waals surface area contributed by atoms with Crippen molar-refractivity contribution in [2.45, 2.75) is 38.5 Å². The molecule has 0 saturated carbocycles. The van der Waals surface area contributed by atoms with Crippen molar-refractivity contribution < 1.29 is 14.3 Å². The zero-order chi connectivity index (χ0) is 22.9. The number of urea groups is 1. The van der Waals surface area contributed by atoms with Gasteiger partial charge in [-0.15, -0.1) is 0 Å². The summed E-state index contributed by atoms with van der Waals surface area (Å²) < 4.78 is 7.88. The summed E-state index contributed by atoms with van der Waals surface area (Å²) in [6.07, 6.45) is 4.48. The predicted octanol–water partition coefficient (Wildman–Crippen LogP) is 1.49. The first-order valence-electron chi connectivity index (χ1n) is 11.1. The summed E-state index contributed by atoms with van der Waals surface area (Å²) in [5.41, 5.74) is 7.23. The quantitative estimate of drug-likeness (QED) is 0.517. The molecule has 2 fully saturated rings. The van der Waals surface area contributed by atoms with Gasteiger partial charge in [-0.1, -0.05) is 0 Å². The number of hydrogen-bond acceptors (Lipinski definition) is 7. The number of aromatic nitrogens is 4. The lowest BCUT2D eigenvalue weighted by atomic mass is 10.2. The maximum absolute atomic E-state index is 11.9. The lowest BCUT2D eigenvalue weighted by molar-refractivity contribution is -0.117. The van der Waals surface area contributed by atoms with Gasteiger partial charge in [-0.05, 0) is 44.0 Å². The van der Waals surface area contributed by atoms with Crippen LogP contribution in [0.15, 0.2) is 30.5 Å². The number of carbonyl (C=O) groups is 2. The molecule has 2 aliphatic rings. The van der Waals surface area contributed by atoms with Gasteiger partial charge in [-0.3, -0.25) is 4.79 Å². The number of nitrogens with two attached hydrogens (primary N) is 1. The number of primary amides is 1. The Hall–Kier alpha value is -3.73. The third kappa shape index (κ3) is 4.31. The van der Waals surface area contributed by atoms with Gasteiger partial charge < -0.3 is 26.0 Å². The second kappa shape index (κ2) is 8.66. The molecule has 2 bridgehead atoms. The summed E-state index contributed by atoms with van der Waals surface area (Å²) in [5.74, 6) is 0.864. The fraction of sp³-hybridized carbons (Fsp3) is 0.409. The van der Waals surface area contributed by atoms with E-state index in [2.05, 4.69) is 20.6 Å². The fourth-order valence-corrected chi connectivity index (χ4v) is 4.38. The second-order valence-corrected chi connectivity index (χ2v) is 8.28. The first kappa shape index (κ1) is 21.1. The van der Waals surface area contributed by atoms with Crippen LogP contribution in [0, 0.1) is 0 Å². The number of nitrogens with one attached hydrogen (secondary N) is 2. The lowest BCUT2D eigenvalue weighted by Crippen LogP contribution is -2.43. The molecule has 0 aliphatic carbocycles. The number of anilines is 2. The summed E-state index contributed by atoms with van der Waals surface area (Å²) in [6.45, 7) is 4.13. The minimum atomic E-state index is -0.608. The molecule has 1 aromatic carbocycles. The Morgan fingerprint density at radius 3 is 2.55 bits per heavy atom. The number of fused-ring (bicyclic) bond motifs is 3. The van der Waals surface area contributed by atoms with Gasteiger partial charge in [0.05, 0.1) is 30.3 Å². The van der Waals surface area contributed by atoms with Crippen LogP contribution in [0.4, 0.5) is 16.3 Å². The van der Waals surface area contributed by atoms with E-state index in [0.717, 1.165) is 48.3 Å². The van der Waals surface area contributed by atoms with Crippen LogP contribution < -0.4 is 21.3 Å². The van der Waals surface area contributed by atoms with Crippen LogP contribution in [0.3, 0.4) is 0 Å². The molecule has 2 aliphatic heterocycles. The fourth-order valence-electron chi connectivity index (χ4n) is 4.38. The summed E-state index contributed by atoms with van der Waals surface area (Å²) >= 11 is 0. The number of benzene rings is 1. The molecule has 5 rings (SSSR count). The van der Waals surface area contributed by atoms with E-state index in [1.165, 1.54) is 0 Å². The highest BCUT2D eigenvalue weighted by Gasteiger charge is 2.35. The van der Waals surface area contributed by atoms with Crippen LogP contribution in [0.2, 0.25) is 0 Å². The molecule has 2 unspecified atom stereocenters. The molecule has 3 amide bonds. The van der Waals surface area contributed by atoms with E-state index < -0.39 is 11.9 Å². The van der Waals surface area contributed by atoms with Crippen molar-refractivity contribution in [1.29, 1.82) is 0 Å². The van der Waals surface area contributed by atoms with Crippen LogP contribution in [0.1, 0.15) is 19.8 Å². The van der Waals surface area contributed by atoms with Crippen molar-refractivity contribution in [2.75, 3.05) is 29.9 Å². The smallest absolute Gasteiger partial charge is 0.319 e. The average molecular weight is 451 g/mol. The summed E-state index contributed by atoms with van der Waals surface area (Å²) in [4.78, 5) is 34.7. The number of morpholine rings is 1. The number of amides is 3. The molecule has 2 saturated heterocycles. The van der Waals surface area contributed by atoms with Gasteiger partial charge in [0, 0.05) is 30.9 Å². The molecular weight excluding hydrogens is 424 g/mol. The monoisotopic (exact) mass is 450 g/mol. The first-order chi connectivity index (χ1) is 16.0. The molecule has 4 N–H and O–H groups in total.